The van der Waals surface area contributed by atoms with Gasteiger partial charge in [0.05, 0.1) is 0 Å². The molecule has 0 rings (SSSR count). The van der Waals surface area contributed by atoms with Crippen LogP contribution in [0, 0.1) is 0 Å². The third-order valence-corrected chi connectivity index (χ3v) is 2.26. The van der Waals surface area contributed by atoms with Crippen molar-refractivity contribution in [1.29, 1.82) is 0 Å². The van der Waals surface area contributed by atoms with E-state index in [1.807, 2.05) is 0 Å². The first-order valence-corrected chi connectivity index (χ1v) is 5.52. The van der Waals surface area contributed by atoms with Gasteiger partial charge in [0.1, 0.15) is 0 Å². The molecule has 0 aromatic carbocycles. The van der Waals surface area contributed by atoms with Crippen LogP contribution in [-0.2, 0) is 0 Å². The van der Waals surface area contributed by atoms with Gasteiger partial charge in [-0.25, -0.2) is 0 Å². The molecule has 0 fully saturated rings. The SMILES string of the molecule is CCCCCCCCCCCO.[PbH2]. The molecule has 2 heteroatoms. The summed E-state index contributed by atoms with van der Waals surface area (Å²) >= 11 is 0. The van der Waals surface area contributed by atoms with Gasteiger partial charge in [0, 0.05) is 6.61 Å². The molecule has 1 N–H and O–H groups in total. The maximum absolute atomic E-state index is 8.54. The number of hydrogen-bond acceptors (Lipinski definition) is 1. The van der Waals surface area contributed by atoms with Crippen molar-refractivity contribution in [3.8, 4) is 0 Å². The summed E-state index contributed by atoms with van der Waals surface area (Å²) in [4.78, 5) is 0. The third kappa shape index (κ3) is 15.6. The van der Waals surface area contributed by atoms with Crippen LogP contribution in [0.1, 0.15) is 64.7 Å². The fraction of sp³-hybridized carbons (Fsp3) is 1.00. The predicted molar refractivity (Wildman–Crippen MR) is 62.9 cm³/mol. The fourth-order valence-corrected chi connectivity index (χ4v) is 1.42. The second-order valence-corrected chi connectivity index (χ2v) is 3.55. The molecule has 0 saturated carbocycles. The minimum atomic E-state index is 0. The summed E-state index contributed by atoms with van der Waals surface area (Å²) in [6, 6.07) is 0. The van der Waals surface area contributed by atoms with Gasteiger partial charge >= 0.3 is 27.3 Å². The van der Waals surface area contributed by atoms with Gasteiger partial charge in [-0.05, 0) is 6.42 Å². The molecule has 13 heavy (non-hydrogen) atoms. The molecule has 2 radical (unpaired) electrons. The van der Waals surface area contributed by atoms with Crippen LogP contribution in [0.2, 0.25) is 0 Å². The van der Waals surface area contributed by atoms with Gasteiger partial charge in [0.15, 0.2) is 0 Å². The molecule has 0 aliphatic heterocycles. The quantitative estimate of drug-likeness (QED) is 0.481. The average molecular weight is 382 g/mol. The second-order valence-electron chi connectivity index (χ2n) is 3.55. The van der Waals surface area contributed by atoms with Crippen LogP contribution in [0.5, 0.6) is 0 Å². The number of rotatable bonds is 9. The second kappa shape index (κ2) is 15.4. The van der Waals surface area contributed by atoms with Gasteiger partial charge in [0.2, 0.25) is 0 Å². The van der Waals surface area contributed by atoms with Gasteiger partial charge in [-0.15, -0.1) is 0 Å². The molecule has 0 aromatic heterocycles. The summed E-state index contributed by atoms with van der Waals surface area (Å²) < 4.78 is 0. The molecule has 0 atom stereocenters. The van der Waals surface area contributed by atoms with E-state index in [0.717, 1.165) is 6.42 Å². The van der Waals surface area contributed by atoms with Crippen LogP contribution in [0.3, 0.4) is 0 Å². The Bertz CT molecular complexity index is 66.5. The number of aliphatic hydroxyl groups excluding tert-OH is 1. The summed E-state index contributed by atoms with van der Waals surface area (Å²) in [7, 11) is 0. The Balaban J connectivity index is 0. The summed E-state index contributed by atoms with van der Waals surface area (Å²) in [5.41, 5.74) is 0. The van der Waals surface area contributed by atoms with E-state index < -0.39 is 0 Å². The van der Waals surface area contributed by atoms with Gasteiger partial charge < -0.3 is 5.11 Å². The Morgan fingerprint density at radius 1 is 0.692 bits per heavy atom. The van der Waals surface area contributed by atoms with Crippen LogP contribution in [0.15, 0.2) is 0 Å². The average Bonchev–Trinajstić information content (AvgIpc) is 2.10. The molecule has 0 amide bonds. The normalized spacial score (nSPS) is 9.69. The zero-order chi connectivity index (χ0) is 9.07. The van der Waals surface area contributed by atoms with Crippen molar-refractivity contribution in [2.24, 2.45) is 0 Å². The maximum atomic E-state index is 8.54. The summed E-state index contributed by atoms with van der Waals surface area (Å²) in [5, 5.41) is 8.54. The van der Waals surface area contributed by atoms with Crippen molar-refractivity contribution >= 4 is 27.3 Å². The van der Waals surface area contributed by atoms with Crippen LogP contribution >= 0.6 is 0 Å². The third-order valence-electron chi connectivity index (χ3n) is 2.26. The first-order valence-electron chi connectivity index (χ1n) is 5.52. The minimum absolute atomic E-state index is 0. The van der Waals surface area contributed by atoms with Gasteiger partial charge in [-0.2, -0.15) is 0 Å². The van der Waals surface area contributed by atoms with E-state index >= 15 is 0 Å². The Labute approximate surface area is 103 Å². The molecule has 0 aliphatic carbocycles. The van der Waals surface area contributed by atoms with Crippen LogP contribution in [0.4, 0.5) is 0 Å². The molecular weight excluding hydrogens is 355 g/mol. The summed E-state index contributed by atoms with van der Waals surface area (Å²) in [5.74, 6) is 0. The van der Waals surface area contributed by atoms with Crippen molar-refractivity contribution in [3.05, 3.63) is 0 Å². The van der Waals surface area contributed by atoms with E-state index in [1.54, 1.807) is 0 Å². The molecule has 0 bridgehead atoms. The fourth-order valence-electron chi connectivity index (χ4n) is 1.42. The Hall–Kier alpha value is 0.882. The monoisotopic (exact) mass is 382 g/mol. The van der Waals surface area contributed by atoms with Crippen molar-refractivity contribution in [1.82, 2.24) is 0 Å². The van der Waals surface area contributed by atoms with Gasteiger partial charge in [0.25, 0.3) is 0 Å². The van der Waals surface area contributed by atoms with Crippen molar-refractivity contribution in [3.63, 3.8) is 0 Å². The molecule has 0 unspecified atom stereocenters. The molecule has 0 spiro atoms. The zero-order valence-corrected chi connectivity index (χ0v) is 14.7. The summed E-state index contributed by atoms with van der Waals surface area (Å²) in [6.45, 7) is 2.62. The number of hydrogen-bond donors (Lipinski definition) is 1. The first-order chi connectivity index (χ1) is 5.91. The van der Waals surface area contributed by atoms with E-state index in [0.29, 0.717) is 6.61 Å². The van der Waals surface area contributed by atoms with Crippen molar-refractivity contribution < 1.29 is 5.11 Å². The summed E-state index contributed by atoms with van der Waals surface area (Å²) in [6.07, 6.45) is 11.8. The molecule has 0 aliphatic rings. The molecule has 1 nitrogen and oxygen atoms in total. The van der Waals surface area contributed by atoms with E-state index in [-0.39, 0.29) is 27.3 Å². The Morgan fingerprint density at radius 2 is 1.08 bits per heavy atom. The molecule has 0 saturated heterocycles. The van der Waals surface area contributed by atoms with Gasteiger partial charge in [-0.1, -0.05) is 58.3 Å². The van der Waals surface area contributed by atoms with E-state index in [4.69, 9.17) is 5.11 Å². The molecule has 0 aromatic rings. The molecule has 0 heterocycles. The zero-order valence-electron chi connectivity index (χ0n) is 9.23. The van der Waals surface area contributed by atoms with Crippen molar-refractivity contribution in [2.75, 3.05) is 6.61 Å². The Morgan fingerprint density at radius 3 is 1.46 bits per heavy atom. The van der Waals surface area contributed by atoms with Gasteiger partial charge in [-0.3, -0.25) is 0 Å². The first kappa shape index (κ1) is 16.3. The van der Waals surface area contributed by atoms with E-state index in [1.165, 1.54) is 51.4 Å². The standard InChI is InChI=1S/C11H24O.Pb.2H/c1-2-3-4-5-6-7-8-9-10-11-12;;;/h12H,2-11H2,1H3;;;. The molecular formula is C11H26OPb. The van der Waals surface area contributed by atoms with Crippen LogP contribution in [0.25, 0.3) is 0 Å². The number of unbranched alkanes of at least 4 members (excludes halogenated alkanes) is 8. The Kier molecular flexibility index (Phi) is 19.3. The van der Waals surface area contributed by atoms with Crippen LogP contribution in [-0.4, -0.2) is 39.0 Å². The number of aliphatic hydroxyl groups is 1. The molecule has 80 valence electrons. The van der Waals surface area contributed by atoms with Crippen LogP contribution < -0.4 is 0 Å². The van der Waals surface area contributed by atoms with Crippen molar-refractivity contribution in [2.45, 2.75) is 64.7 Å². The van der Waals surface area contributed by atoms with E-state index in [9.17, 15) is 0 Å². The predicted octanol–water partition coefficient (Wildman–Crippen LogP) is 2.59. The topological polar surface area (TPSA) is 20.2 Å². The van der Waals surface area contributed by atoms with E-state index in [2.05, 4.69) is 6.92 Å².